The minimum atomic E-state index is 0.241. The molecule has 6 aromatic rings. The minimum Gasteiger partial charge on any atom is -0.497 e. The van der Waals surface area contributed by atoms with Crippen molar-refractivity contribution in [2.24, 2.45) is 22.1 Å². The van der Waals surface area contributed by atoms with Crippen molar-refractivity contribution >= 4 is 33.0 Å². The third-order valence-corrected chi connectivity index (χ3v) is 11.9. The van der Waals surface area contributed by atoms with Gasteiger partial charge in [0.2, 0.25) is 5.71 Å². The Morgan fingerprint density at radius 3 is 1.59 bits per heavy atom. The fourth-order valence-electron chi connectivity index (χ4n) is 8.69. The molecule has 10 heteroatoms. The Morgan fingerprint density at radius 2 is 1.08 bits per heavy atom. The second-order valence-electron chi connectivity index (χ2n) is 15.8. The first-order valence-corrected chi connectivity index (χ1v) is 21.9. The summed E-state index contributed by atoms with van der Waals surface area (Å²) in [6, 6.07) is 34.0. The number of nitrogens with zero attached hydrogens (tertiary/aromatic N) is 6. The number of benzene rings is 4. The Kier molecular flexibility index (Phi) is 15.3. The number of rotatable bonds is 15. The van der Waals surface area contributed by atoms with Crippen LogP contribution in [0.2, 0.25) is 0 Å². The van der Waals surface area contributed by atoms with E-state index < -0.39 is 0 Å². The van der Waals surface area contributed by atoms with Gasteiger partial charge in [-0.1, -0.05) is 60.3 Å². The molecule has 2 fully saturated rings. The second-order valence-corrected chi connectivity index (χ2v) is 15.8. The van der Waals surface area contributed by atoms with Crippen LogP contribution in [0.1, 0.15) is 61.8 Å². The van der Waals surface area contributed by atoms with Crippen molar-refractivity contribution in [2.75, 3.05) is 60.6 Å². The summed E-state index contributed by atoms with van der Waals surface area (Å²) in [5, 5.41) is 14.1. The quantitative estimate of drug-likeness (QED) is 0.0582. The molecular formula is C51H61N6O4+. The molecule has 2 atom stereocenters. The molecule has 2 aliphatic heterocycles. The normalized spacial score (nSPS) is 17.7. The number of hydrogen-bond donors (Lipinski definition) is 0. The molecular weight excluding hydrogens is 761 g/mol. The van der Waals surface area contributed by atoms with Crippen LogP contribution >= 0.6 is 0 Å². The van der Waals surface area contributed by atoms with Gasteiger partial charge < -0.3 is 24.1 Å². The predicted octanol–water partition coefficient (Wildman–Crippen LogP) is 8.81. The van der Waals surface area contributed by atoms with Gasteiger partial charge in [-0.15, -0.1) is 0 Å². The standard InChI is InChI=1S/C49H55N6O4.C2H6/c1-56-46-14-12-38-30-42(10-8-40(38)32-46)48(51-58-3)44-6-4-24-54(34-44)27-19-37-20-28-55(29-21-37)59-52-49(43-11-9-41-33-47(57-2)15-13-39(41)31-43)45-7-5-25-53(35-45)26-18-36-16-22-50-23-17-36;1-2/h8-17,20-23,28-33,44-45H,4-7,18-19,24-27,34-35H2,1-3H3;1-2H3/q+1;/b51-48-,52-49-;. The lowest BCUT2D eigenvalue weighted by Crippen LogP contribution is -2.43. The molecule has 0 aliphatic carbocycles. The molecule has 0 amide bonds. The summed E-state index contributed by atoms with van der Waals surface area (Å²) in [5.41, 5.74) is 6.76. The first-order chi connectivity index (χ1) is 30.0. The van der Waals surface area contributed by atoms with Crippen LogP contribution in [0.4, 0.5) is 0 Å². The van der Waals surface area contributed by atoms with Gasteiger partial charge in [0.05, 0.1) is 19.9 Å². The lowest BCUT2D eigenvalue weighted by Gasteiger charge is -2.33. The highest BCUT2D eigenvalue weighted by Gasteiger charge is 2.30. The van der Waals surface area contributed by atoms with Crippen LogP contribution in [0.15, 0.2) is 132 Å². The zero-order valence-corrected chi connectivity index (χ0v) is 36.5. The molecule has 2 saturated heterocycles. The van der Waals surface area contributed by atoms with Crippen LogP contribution in [-0.2, 0) is 17.7 Å². The van der Waals surface area contributed by atoms with Crippen molar-refractivity contribution in [1.82, 2.24) is 14.8 Å². The number of hydrogen-bond acceptors (Lipinski definition) is 9. The molecule has 318 valence electrons. The van der Waals surface area contributed by atoms with E-state index in [1.54, 1.807) is 26.1 Å². The maximum atomic E-state index is 6.20. The fraction of sp³-hybridized carbons (Fsp3) is 0.373. The molecule has 61 heavy (non-hydrogen) atoms. The third-order valence-electron chi connectivity index (χ3n) is 11.9. The number of aromatic nitrogens is 2. The Hall–Kier alpha value is -5.84. The monoisotopic (exact) mass is 821 g/mol. The maximum absolute atomic E-state index is 6.20. The van der Waals surface area contributed by atoms with E-state index in [1.807, 2.05) is 50.8 Å². The highest BCUT2D eigenvalue weighted by molar-refractivity contribution is 6.05. The van der Waals surface area contributed by atoms with Crippen LogP contribution in [-0.4, -0.2) is 86.8 Å². The van der Waals surface area contributed by atoms with E-state index in [-0.39, 0.29) is 5.92 Å². The summed E-state index contributed by atoms with van der Waals surface area (Å²) in [6.07, 6.45) is 14.0. The smallest absolute Gasteiger partial charge is 0.212 e. The minimum absolute atomic E-state index is 0.241. The van der Waals surface area contributed by atoms with E-state index in [0.717, 1.165) is 133 Å². The zero-order valence-electron chi connectivity index (χ0n) is 36.5. The first-order valence-electron chi connectivity index (χ1n) is 21.9. The van der Waals surface area contributed by atoms with E-state index in [1.165, 1.54) is 11.1 Å². The molecule has 8 rings (SSSR count). The fourth-order valence-corrected chi connectivity index (χ4v) is 8.69. The van der Waals surface area contributed by atoms with Crippen molar-refractivity contribution in [3.63, 3.8) is 0 Å². The lowest BCUT2D eigenvalue weighted by atomic mass is 9.88. The van der Waals surface area contributed by atoms with Gasteiger partial charge in [0.25, 0.3) is 0 Å². The van der Waals surface area contributed by atoms with Gasteiger partial charge in [-0.25, -0.2) is 0 Å². The summed E-state index contributed by atoms with van der Waals surface area (Å²) in [7, 11) is 5.05. The third kappa shape index (κ3) is 11.3. The number of oxime groups is 2. The van der Waals surface area contributed by atoms with E-state index >= 15 is 0 Å². The van der Waals surface area contributed by atoms with Crippen molar-refractivity contribution in [3.8, 4) is 11.5 Å². The molecule has 4 aromatic carbocycles. The van der Waals surface area contributed by atoms with E-state index in [9.17, 15) is 0 Å². The van der Waals surface area contributed by atoms with Gasteiger partial charge in [-0.05, 0) is 150 Å². The molecule has 2 unspecified atom stereocenters. The van der Waals surface area contributed by atoms with Gasteiger partial charge in [0.15, 0.2) is 5.16 Å². The summed E-state index contributed by atoms with van der Waals surface area (Å²) in [6.45, 7) is 10.0. The van der Waals surface area contributed by atoms with Crippen LogP contribution in [0, 0.1) is 11.8 Å². The topological polar surface area (TPSA) is 84.9 Å². The Balaban J connectivity index is 0.00000277. The highest BCUT2D eigenvalue weighted by Crippen LogP contribution is 2.28. The molecule has 0 spiro atoms. The number of piperidine rings is 2. The predicted molar refractivity (Wildman–Crippen MR) is 246 cm³/mol. The Bertz CT molecular complexity index is 2390. The van der Waals surface area contributed by atoms with Crippen LogP contribution in [0.3, 0.4) is 0 Å². The van der Waals surface area contributed by atoms with Crippen molar-refractivity contribution in [1.29, 1.82) is 0 Å². The number of pyridine rings is 2. The summed E-state index contributed by atoms with van der Waals surface area (Å²) < 4.78 is 12.6. The number of methoxy groups -OCH3 is 2. The van der Waals surface area contributed by atoms with E-state index in [4.69, 9.17) is 24.4 Å². The largest absolute Gasteiger partial charge is 0.497 e. The van der Waals surface area contributed by atoms with Gasteiger partial charge in [0.1, 0.15) is 31.0 Å². The average Bonchev–Trinajstić information content (AvgIpc) is 3.33. The Morgan fingerprint density at radius 1 is 0.607 bits per heavy atom. The van der Waals surface area contributed by atoms with Crippen molar-refractivity contribution in [3.05, 3.63) is 144 Å². The van der Waals surface area contributed by atoms with Crippen LogP contribution < -0.4 is 19.1 Å². The summed E-state index contributed by atoms with van der Waals surface area (Å²) in [5.74, 6) is 2.24. The maximum Gasteiger partial charge on any atom is 0.212 e. The molecule has 0 bridgehead atoms. The number of likely N-dealkylation sites (tertiary alicyclic amines) is 2. The molecule has 0 N–H and O–H groups in total. The van der Waals surface area contributed by atoms with E-state index in [0.29, 0.717) is 5.92 Å². The second kappa shape index (κ2) is 21.6. The highest BCUT2D eigenvalue weighted by atomic mass is 16.8. The van der Waals surface area contributed by atoms with Crippen molar-refractivity contribution in [2.45, 2.75) is 52.4 Å². The van der Waals surface area contributed by atoms with Gasteiger partial charge in [-0.3, -0.25) is 4.98 Å². The molecule has 2 aliphatic rings. The number of ether oxygens (including phenoxy) is 2. The van der Waals surface area contributed by atoms with Gasteiger partial charge in [-0.2, -0.15) is 0 Å². The molecule has 4 heterocycles. The van der Waals surface area contributed by atoms with Gasteiger partial charge in [0, 0.05) is 61.5 Å². The molecule has 2 aromatic heterocycles. The van der Waals surface area contributed by atoms with Crippen LogP contribution in [0.25, 0.3) is 21.5 Å². The SMILES string of the molecule is CC.CO/N=C(/c1ccc2cc(OC)ccc2c1)C1CCCN(CCc2cc[n+](O/N=C(/c3ccc4cc(OC)ccc4c3)C3CCCN(CCc4ccncc4)C3)cc2)C1. The van der Waals surface area contributed by atoms with E-state index in [2.05, 4.69) is 105 Å². The number of fused-ring (bicyclic) bond motifs is 2. The summed E-state index contributed by atoms with van der Waals surface area (Å²) in [4.78, 5) is 20.9. The lowest BCUT2D eigenvalue weighted by molar-refractivity contribution is -0.893. The molecule has 10 nitrogen and oxygen atoms in total. The molecule has 0 saturated carbocycles. The molecule has 0 radical (unpaired) electrons. The van der Waals surface area contributed by atoms with Crippen molar-refractivity contribution < 1.29 is 24.0 Å². The average molecular weight is 822 g/mol. The van der Waals surface area contributed by atoms with Gasteiger partial charge >= 0.3 is 0 Å². The zero-order chi connectivity index (χ0) is 42.4. The summed E-state index contributed by atoms with van der Waals surface area (Å²) >= 11 is 0. The first kappa shape index (κ1) is 43.3. The van der Waals surface area contributed by atoms with Crippen LogP contribution in [0.5, 0.6) is 11.5 Å². The Labute approximate surface area is 361 Å².